The molecule has 0 heterocycles. The summed E-state index contributed by atoms with van der Waals surface area (Å²) in [5.74, 6) is 0. The fourth-order valence-electron chi connectivity index (χ4n) is 5.13. The van der Waals surface area contributed by atoms with Gasteiger partial charge < -0.3 is 9.38 Å². The third-order valence-electron chi connectivity index (χ3n) is 6.65. The van der Waals surface area contributed by atoms with Crippen molar-refractivity contribution in [1.82, 2.24) is 9.62 Å². The van der Waals surface area contributed by atoms with Crippen LogP contribution in [0.5, 0.6) is 0 Å². The molecule has 6 nitrogen and oxygen atoms in total. The minimum absolute atomic E-state index is 0.108. The molecular formula is C31H43ClN3O3S+. The lowest BCUT2D eigenvalue weighted by molar-refractivity contribution is -0.903. The van der Waals surface area contributed by atoms with E-state index in [1.165, 1.54) is 22.8 Å². The molecule has 0 bridgehead atoms. The monoisotopic (exact) mass is 572 g/mol. The molecule has 0 aromatic heterocycles. The van der Waals surface area contributed by atoms with Gasteiger partial charge in [0.15, 0.2) is 0 Å². The zero-order chi connectivity index (χ0) is 28.8. The zero-order valence-corrected chi connectivity index (χ0v) is 25.6. The molecule has 3 aromatic carbocycles. The van der Waals surface area contributed by atoms with Gasteiger partial charge in [0.1, 0.15) is 6.54 Å². The quantitative estimate of drug-likeness (QED) is 0.162. The van der Waals surface area contributed by atoms with Crippen LogP contribution in [0.25, 0.3) is 0 Å². The van der Waals surface area contributed by atoms with Gasteiger partial charge in [-0.15, -0.1) is 0 Å². The number of benzene rings is 3. The first-order valence-electron chi connectivity index (χ1n) is 13.3. The van der Waals surface area contributed by atoms with Gasteiger partial charge in [-0.3, -0.25) is 9.11 Å². The average Bonchev–Trinajstić information content (AvgIpc) is 2.79. The predicted molar refractivity (Wildman–Crippen MR) is 163 cm³/mol. The molecule has 212 valence electrons. The van der Waals surface area contributed by atoms with Crippen molar-refractivity contribution >= 4 is 28.4 Å². The number of urea groups is 1. The van der Waals surface area contributed by atoms with E-state index in [0.29, 0.717) is 13.1 Å². The largest absolute Gasteiger partial charge is 0.336 e. The first-order chi connectivity index (χ1) is 18.2. The minimum Gasteiger partial charge on any atom is -0.325 e. The Hall–Kier alpha value is -2.55. The SMILES string of the molecule is Cc1cc(C)cc(CN(CCCC[N+](C)(C)Cc2cc(C)cc(C)c2)C(=O)NS(O)(O)c2ccccc2Cl)c1. The molecule has 2 amide bonds. The number of amides is 2. The van der Waals surface area contributed by atoms with Crippen LogP contribution in [-0.4, -0.2) is 51.7 Å². The lowest BCUT2D eigenvalue weighted by atomic mass is 10.1. The van der Waals surface area contributed by atoms with Crippen LogP contribution < -0.4 is 4.72 Å². The highest BCUT2D eigenvalue weighted by molar-refractivity contribution is 8.23. The van der Waals surface area contributed by atoms with Crippen molar-refractivity contribution < 1.29 is 18.4 Å². The van der Waals surface area contributed by atoms with Crippen LogP contribution in [-0.2, 0) is 13.1 Å². The number of rotatable bonds is 11. The van der Waals surface area contributed by atoms with Gasteiger partial charge in [0.25, 0.3) is 0 Å². The summed E-state index contributed by atoms with van der Waals surface area (Å²) in [5, 5.41) is 0.197. The van der Waals surface area contributed by atoms with E-state index in [9.17, 15) is 13.9 Å². The number of carbonyl (C=O) groups is 1. The van der Waals surface area contributed by atoms with E-state index in [4.69, 9.17) is 11.6 Å². The van der Waals surface area contributed by atoms with Crippen molar-refractivity contribution in [3.05, 3.63) is 99.1 Å². The van der Waals surface area contributed by atoms with E-state index in [2.05, 4.69) is 69.1 Å². The summed E-state index contributed by atoms with van der Waals surface area (Å²) < 4.78 is 24.9. The molecule has 0 aliphatic heterocycles. The van der Waals surface area contributed by atoms with Gasteiger partial charge in [-0.25, -0.2) is 9.52 Å². The van der Waals surface area contributed by atoms with Crippen molar-refractivity contribution in [2.24, 2.45) is 0 Å². The number of quaternary nitrogens is 1. The highest BCUT2D eigenvalue weighted by Gasteiger charge is 2.25. The number of hydrogen-bond acceptors (Lipinski definition) is 3. The van der Waals surface area contributed by atoms with Gasteiger partial charge in [-0.1, -0.05) is 93.2 Å². The van der Waals surface area contributed by atoms with Gasteiger partial charge in [-0.2, -0.15) is 0 Å². The molecule has 0 saturated heterocycles. The Bertz CT molecular complexity index is 1260. The first kappa shape index (κ1) is 31.0. The molecule has 0 aliphatic carbocycles. The number of halogens is 1. The standard InChI is InChI=1S/C31H42ClN3O3S/c1-23-15-24(2)18-27(17-23)21-34(31(36)33-39(37,38)30-12-8-7-11-29(30)32)13-9-10-14-35(5,6)22-28-19-25(3)16-26(4)20-28/h7-8,11-12,15-20H,9-10,13-14,21-22H2,1-6H3,(H2-,33,36,37,38)/p+1. The second-order valence-corrected chi connectivity index (χ2v) is 13.5. The zero-order valence-electron chi connectivity index (χ0n) is 24.0. The maximum Gasteiger partial charge on any atom is 0.336 e. The summed E-state index contributed by atoms with van der Waals surface area (Å²) in [7, 11) is 0.850. The van der Waals surface area contributed by atoms with Crippen LogP contribution in [0.4, 0.5) is 4.79 Å². The fraction of sp³-hybridized carbons (Fsp3) is 0.387. The van der Waals surface area contributed by atoms with E-state index in [-0.39, 0.29) is 9.92 Å². The molecule has 0 unspecified atom stereocenters. The Morgan fingerprint density at radius 3 is 1.97 bits per heavy atom. The first-order valence-corrected chi connectivity index (χ1v) is 15.2. The van der Waals surface area contributed by atoms with Gasteiger partial charge in [0.05, 0.1) is 30.6 Å². The second kappa shape index (κ2) is 13.2. The number of carbonyl (C=O) groups excluding carboxylic acids is 1. The topological polar surface area (TPSA) is 72.8 Å². The fourth-order valence-corrected chi connectivity index (χ4v) is 6.68. The van der Waals surface area contributed by atoms with E-state index < -0.39 is 16.8 Å². The Morgan fingerprint density at radius 1 is 0.872 bits per heavy atom. The highest BCUT2D eigenvalue weighted by Crippen LogP contribution is 2.47. The van der Waals surface area contributed by atoms with E-state index in [0.717, 1.165) is 47.1 Å². The molecule has 0 saturated carbocycles. The van der Waals surface area contributed by atoms with Gasteiger partial charge in [0, 0.05) is 18.7 Å². The molecule has 0 atom stereocenters. The van der Waals surface area contributed by atoms with Crippen molar-refractivity contribution in [3.8, 4) is 0 Å². The van der Waals surface area contributed by atoms with Gasteiger partial charge in [0.2, 0.25) is 0 Å². The molecule has 0 aliphatic rings. The lowest BCUT2D eigenvalue weighted by Gasteiger charge is -2.36. The number of nitrogens with one attached hydrogen (secondary N) is 1. The molecule has 0 fully saturated rings. The molecule has 3 aromatic rings. The smallest absolute Gasteiger partial charge is 0.325 e. The Labute approximate surface area is 240 Å². The molecule has 3 rings (SSSR count). The summed E-state index contributed by atoms with van der Waals surface area (Å²) in [5.41, 5.74) is 7.13. The summed E-state index contributed by atoms with van der Waals surface area (Å²) in [6, 6.07) is 18.8. The maximum absolute atomic E-state index is 13.4. The Balaban J connectivity index is 1.68. The van der Waals surface area contributed by atoms with Gasteiger partial charge in [-0.05, 0) is 58.2 Å². The Kier molecular flexibility index (Phi) is 10.5. The molecule has 8 heteroatoms. The average molecular weight is 573 g/mol. The van der Waals surface area contributed by atoms with Crippen LogP contribution in [0.2, 0.25) is 5.02 Å². The van der Waals surface area contributed by atoms with Crippen LogP contribution in [0.15, 0.2) is 65.6 Å². The van der Waals surface area contributed by atoms with E-state index in [1.807, 2.05) is 13.8 Å². The predicted octanol–water partition coefficient (Wildman–Crippen LogP) is 7.87. The van der Waals surface area contributed by atoms with Crippen LogP contribution >= 0.6 is 22.4 Å². The highest BCUT2D eigenvalue weighted by atomic mass is 35.5. The normalized spacial score (nSPS) is 12.3. The molecule has 39 heavy (non-hydrogen) atoms. The van der Waals surface area contributed by atoms with Crippen molar-refractivity contribution in [3.63, 3.8) is 0 Å². The molecular weight excluding hydrogens is 530 g/mol. The van der Waals surface area contributed by atoms with Crippen molar-refractivity contribution in [2.75, 3.05) is 27.2 Å². The third kappa shape index (κ3) is 9.55. The number of hydrogen-bond donors (Lipinski definition) is 3. The number of unbranched alkanes of at least 4 members (excludes halogenated alkanes) is 1. The number of nitrogens with zero attached hydrogens (tertiary/aromatic N) is 2. The van der Waals surface area contributed by atoms with Gasteiger partial charge >= 0.3 is 6.03 Å². The summed E-state index contributed by atoms with van der Waals surface area (Å²) >= 11 is 6.19. The summed E-state index contributed by atoms with van der Waals surface area (Å²) in [6.45, 7) is 11.1. The third-order valence-corrected chi connectivity index (χ3v) is 8.52. The van der Waals surface area contributed by atoms with Crippen LogP contribution in [0.3, 0.4) is 0 Å². The van der Waals surface area contributed by atoms with E-state index >= 15 is 0 Å². The number of aryl methyl sites for hydroxylation is 4. The molecule has 0 radical (unpaired) electrons. The maximum atomic E-state index is 13.4. The summed E-state index contributed by atoms with van der Waals surface area (Å²) in [4.78, 5) is 15.1. The minimum atomic E-state index is -3.62. The van der Waals surface area contributed by atoms with Crippen LogP contribution in [0.1, 0.15) is 46.2 Å². The summed E-state index contributed by atoms with van der Waals surface area (Å²) in [6.07, 6.45) is 1.72. The van der Waals surface area contributed by atoms with Crippen molar-refractivity contribution in [1.29, 1.82) is 0 Å². The molecule has 0 spiro atoms. The van der Waals surface area contributed by atoms with E-state index in [1.54, 1.807) is 23.1 Å². The molecule has 3 N–H and O–H groups in total. The lowest BCUT2D eigenvalue weighted by Crippen LogP contribution is -2.42. The van der Waals surface area contributed by atoms with Crippen molar-refractivity contribution in [2.45, 2.75) is 58.5 Å². The second-order valence-electron chi connectivity index (χ2n) is 11.3. The van der Waals surface area contributed by atoms with Crippen LogP contribution in [0, 0.1) is 27.7 Å². The Morgan fingerprint density at radius 2 is 1.41 bits per heavy atom.